The first kappa shape index (κ1) is 9.27. The third-order valence-corrected chi connectivity index (χ3v) is 2.91. The van der Waals surface area contributed by atoms with Crippen LogP contribution in [-0.2, 0) is 4.79 Å². The van der Waals surface area contributed by atoms with Gasteiger partial charge in [-0.25, -0.2) is 0 Å². The van der Waals surface area contributed by atoms with Crippen molar-refractivity contribution in [1.82, 2.24) is 0 Å². The van der Waals surface area contributed by atoms with Gasteiger partial charge in [0.05, 0.1) is 11.6 Å². The molecule has 1 heterocycles. The van der Waals surface area contributed by atoms with Gasteiger partial charge in [-0.1, -0.05) is 30.0 Å². The number of carbonyl (C=O) groups is 1. The predicted octanol–water partition coefficient (Wildman–Crippen LogP) is 2.10. The fourth-order valence-electron chi connectivity index (χ4n) is 1.19. The summed E-state index contributed by atoms with van der Waals surface area (Å²) in [4.78, 5) is 11.0. The zero-order chi connectivity index (χ0) is 9.97. The van der Waals surface area contributed by atoms with E-state index in [2.05, 4.69) is 5.10 Å². The standard InChI is InChI=1S/C10H10N2OS/c1-8(13)10-11-12(7-14-10)9-5-3-2-4-6-9/h2-6H,7H2,1H3. The van der Waals surface area contributed by atoms with E-state index in [0.29, 0.717) is 5.04 Å². The van der Waals surface area contributed by atoms with Crippen molar-refractivity contribution in [3.05, 3.63) is 30.3 Å². The maximum Gasteiger partial charge on any atom is 0.186 e. The summed E-state index contributed by atoms with van der Waals surface area (Å²) in [7, 11) is 0. The van der Waals surface area contributed by atoms with Crippen LogP contribution in [0.2, 0.25) is 0 Å². The summed E-state index contributed by atoms with van der Waals surface area (Å²) in [5, 5.41) is 6.65. The first-order chi connectivity index (χ1) is 6.77. The third-order valence-electron chi connectivity index (χ3n) is 1.89. The Morgan fingerprint density at radius 1 is 1.43 bits per heavy atom. The van der Waals surface area contributed by atoms with Crippen LogP contribution in [0.25, 0.3) is 0 Å². The molecule has 14 heavy (non-hydrogen) atoms. The maximum atomic E-state index is 11.0. The summed E-state index contributed by atoms with van der Waals surface area (Å²) in [6.07, 6.45) is 0. The first-order valence-electron chi connectivity index (χ1n) is 4.32. The molecule has 0 fully saturated rings. The summed E-state index contributed by atoms with van der Waals surface area (Å²) in [5.41, 5.74) is 1.02. The summed E-state index contributed by atoms with van der Waals surface area (Å²) in [6.45, 7) is 1.54. The number of thioether (sulfide) groups is 1. The number of nitrogens with zero attached hydrogens (tertiary/aromatic N) is 2. The molecule has 4 heteroatoms. The van der Waals surface area contributed by atoms with Gasteiger partial charge in [-0.15, -0.1) is 0 Å². The lowest BCUT2D eigenvalue weighted by Crippen LogP contribution is -2.10. The van der Waals surface area contributed by atoms with E-state index in [1.54, 1.807) is 6.92 Å². The number of hydrazone groups is 1. The minimum absolute atomic E-state index is 0.0356. The van der Waals surface area contributed by atoms with Gasteiger partial charge in [-0.2, -0.15) is 5.10 Å². The number of hydrogen-bond donors (Lipinski definition) is 0. The molecule has 0 amide bonds. The van der Waals surface area contributed by atoms with Crippen LogP contribution in [0.4, 0.5) is 5.69 Å². The smallest absolute Gasteiger partial charge is 0.186 e. The molecule has 0 unspecified atom stereocenters. The van der Waals surface area contributed by atoms with Crippen LogP contribution < -0.4 is 5.01 Å². The second kappa shape index (κ2) is 3.84. The number of ketones is 1. The number of rotatable bonds is 2. The van der Waals surface area contributed by atoms with E-state index in [4.69, 9.17) is 0 Å². The zero-order valence-corrected chi connectivity index (χ0v) is 8.62. The van der Waals surface area contributed by atoms with Gasteiger partial charge in [0, 0.05) is 6.92 Å². The Labute approximate surface area is 86.8 Å². The van der Waals surface area contributed by atoms with Crippen LogP contribution in [0.5, 0.6) is 0 Å². The first-order valence-corrected chi connectivity index (χ1v) is 5.31. The van der Waals surface area contributed by atoms with E-state index in [-0.39, 0.29) is 5.78 Å². The Morgan fingerprint density at radius 3 is 2.71 bits per heavy atom. The van der Waals surface area contributed by atoms with Crippen molar-refractivity contribution in [1.29, 1.82) is 0 Å². The second-order valence-corrected chi connectivity index (χ2v) is 3.90. The maximum absolute atomic E-state index is 11.0. The van der Waals surface area contributed by atoms with Crippen molar-refractivity contribution in [3.8, 4) is 0 Å². The van der Waals surface area contributed by atoms with E-state index in [0.717, 1.165) is 11.6 Å². The molecule has 1 aliphatic heterocycles. The average Bonchev–Trinajstić information content (AvgIpc) is 2.68. The van der Waals surface area contributed by atoms with Gasteiger partial charge in [0.2, 0.25) is 0 Å². The topological polar surface area (TPSA) is 32.7 Å². The molecule has 0 spiro atoms. The van der Waals surface area contributed by atoms with Crippen molar-refractivity contribution in [2.24, 2.45) is 5.10 Å². The number of hydrogen-bond acceptors (Lipinski definition) is 4. The lowest BCUT2D eigenvalue weighted by Gasteiger charge is -2.11. The molecule has 0 aromatic heterocycles. The lowest BCUT2D eigenvalue weighted by molar-refractivity contribution is -0.110. The molecule has 1 aromatic carbocycles. The van der Waals surface area contributed by atoms with Crippen LogP contribution in [-0.4, -0.2) is 16.7 Å². The zero-order valence-electron chi connectivity index (χ0n) is 7.80. The van der Waals surface area contributed by atoms with E-state index >= 15 is 0 Å². The Kier molecular flexibility index (Phi) is 2.54. The number of benzene rings is 1. The molecular weight excluding hydrogens is 196 g/mol. The quantitative estimate of drug-likeness (QED) is 0.742. The molecule has 0 saturated carbocycles. The Hall–Kier alpha value is -1.29. The average molecular weight is 206 g/mol. The van der Waals surface area contributed by atoms with Gasteiger partial charge in [-0.05, 0) is 12.1 Å². The summed E-state index contributed by atoms with van der Waals surface area (Å²) >= 11 is 1.48. The van der Waals surface area contributed by atoms with Crippen LogP contribution >= 0.6 is 11.8 Å². The molecular formula is C10H10N2OS. The summed E-state index contributed by atoms with van der Waals surface area (Å²) in [5.74, 6) is 0.757. The van der Waals surface area contributed by atoms with E-state index in [9.17, 15) is 4.79 Å². The number of carbonyl (C=O) groups excluding carboxylic acids is 1. The minimum Gasteiger partial charge on any atom is -0.292 e. The Bertz CT molecular complexity index is 375. The van der Waals surface area contributed by atoms with Crippen LogP contribution in [0.15, 0.2) is 35.4 Å². The largest absolute Gasteiger partial charge is 0.292 e. The molecule has 2 rings (SSSR count). The second-order valence-electron chi connectivity index (χ2n) is 2.97. The van der Waals surface area contributed by atoms with Crippen LogP contribution in [0, 0.1) is 0 Å². The molecule has 0 N–H and O–H groups in total. The van der Waals surface area contributed by atoms with Crippen molar-refractivity contribution in [2.75, 3.05) is 10.9 Å². The minimum atomic E-state index is 0.0356. The SMILES string of the molecule is CC(=O)C1=NN(c2ccccc2)CS1. The summed E-state index contributed by atoms with van der Waals surface area (Å²) < 4.78 is 0. The fourth-order valence-corrected chi connectivity index (χ4v) is 2.00. The van der Waals surface area contributed by atoms with E-state index in [1.165, 1.54) is 11.8 Å². The normalized spacial score (nSPS) is 15.5. The molecule has 1 aliphatic rings. The van der Waals surface area contributed by atoms with Crippen LogP contribution in [0.3, 0.4) is 0 Å². The van der Waals surface area contributed by atoms with Gasteiger partial charge in [0.15, 0.2) is 10.8 Å². The van der Waals surface area contributed by atoms with Crippen molar-refractivity contribution in [2.45, 2.75) is 6.92 Å². The molecule has 1 aromatic rings. The van der Waals surface area contributed by atoms with E-state index < -0.39 is 0 Å². The molecule has 0 bridgehead atoms. The number of anilines is 1. The van der Waals surface area contributed by atoms with Gasteiger partial charge in [0.1, 0.15) is 0 Å². The third kappa shape index (κ3) is 1.80. The van der Waals surface area contributed by atoms with Gasteiger partial charge in [0.25, 0.3) is 0 Å². The molecule has 3 nitrogen and oxygen atoms in total. The van der Waals surface area contributed by atoms with Crippen molar-refractivity contribution >= 4 is 28.3 Å². The molecule has 72 valence electrons. The monoisotopic (exact) mass is 206 g/mol. The highest BCUT2D eigenvalue weighted by Crippen LogP contribution is 2.24. The highest BCUT2D eigenvalue weighted by atomic mass is 32.2. The Balaban J connectivity index is 2.20. The van der Waals surface area contributed by atoms with E-state index in [1.807, 2.05) is 35.3 Å². The summed E-state index contributed by atoms with van der Waals surface area (Å²) in [6, 6.07) is 9.84. The predicted molar refractivity (Wildman–Crippen MR) is 59.5 cm³/mol. The van der Waals surface area contributed by atoms with Gasteiger partial charge >= 0.3 is 0 Å². The van der Waals surface area contributed by atoms with Crippen LogP contribution in [0.1, 0.15) is 6.92 Å². The number of para-hydroxylation sites is 1. The van der Waals surface area contributed by atoms with Crippen molar-refractivity contribution in [3.63, 3.8) is 0 Å². The molecule has 0 saturated heterocycles. The van der Waals surface area contributed by atoms with Gasteiger partial charge < -0.3 is 0 Å². The highest BCUT2D eigenvalue weighted by molar-refractivity contribution is 8.16. The fraction of sp³-hybridized carbons (Fsp3) is 0.200. The molecule has 0 aliphatic carbocycles. The number of Topliss-reactive ketones (excluding diaryl/α,β-unsaturated/α-hetero) is 1. The van der Waals surface area contributed by atoms with Gasteiger partial charge in [-0.3, -0.25) is 9.80 Å². The Morgan fingerprint density at radius 2 is 2.14 bits per heavy atom. The lowest BCUT2D eigenvalue weighted by atomic mass is 10.3. The molecule has 0 radical (unpaired) electrons. The van der Waals surface area contributed by atoms with Crippen molar-refractivity contribution < 1.29 is 4.79 Å². The molecule has 0 atom stereocenters. The highest BCUT2D eigenvalue weighted by Gasteiger charge is 2.19.